The van der Waals surface area contributed by atoms with E-state index in [9.17, 15) is 29.4 Å². The number of fused-ring (bicyclic) bond motifs is 2. The van der Waals surface area contributed by atoms with Crippen LogP contribution in [0.25, 0.3) is 10.1 Å². The highest BCUT2D eigenvalue weighted by atomic mass is 32.1. The molecule has 1 amide bonds. The Hall–Kier alpha value is -4.39. The number of carbonyl (C=O) groups excluding carboxylic acids is 4. The van der Waals surface area contributed by atoms with Crippen molar-refractivity contribution >= 4 is 45.1 Å². The van der Waals surface area contributed by atoms with Gasteiger partial charge in [0, 0.05) is 72.3 Å². The molecule has 1 aliphatic heterocycles. The topological polar surface area (TPSA) is 155 Å². The van der Waals surface area contributed by atoms with Crippen LogP contribution < -0.4 is 29.2 Å². The minimum Gasteiger partial charge on any atom is -0.550 e. The molecule has 0 spiro atoms. The Bertz CT molecular complexity index is 1590. The quantitative estimate of drug-likeness (QED) is 0.181. The van der Waals surface area contributed by atoms with Gasteiger partial charge in [0.15, 0.2) is 34.6 Å². The minimum absolute atomic E-state index is 0.0734. The molecule has 1 aliphatic rings. The lowest BCUT2D eigenvalue weighted by atomic mass is 10.0. The molecule has 2 atom stereocenters. The van der Waals surface area contributed by atoms with Crippen LogP contribution in [-0.2, 0) is 27.5 Å². The van der Waals surface area contributed by atoms with Gasteiger partial charge in [0.25, 0.3) is 0 Å². The first-order valence-electron chi connectivity index (χ1n) is 13.9. The molecule has 3 aromatic rings. The molecule has 4 rings (SSSR count). The average molecular weight is 630 g/mol. The van der Waals surface area contributed by atoms with Gasteiger partial charge in [0.2, 0.25) is 5.91 Å². The zero-order chi connectivity index (χ0) is 32.1. The summed E-state index contributed by atoms with van der Waals surface area (Å²) >= 11 is 1.04. The van der Waals surface area contributed by atoms with Crippen LogP contribution in [0.5, 0.6) is 23.0 Å². The molecule has 0 aliphatic carbocycles. The van der Waals surface area contributed by atoms with Crippen molar-refractivity contribution in [3.05, 3.63) is 46.1 Å². The summed E-state index contributed by atoms with van der Waals surface area (Å²) in [6.45, 7) is 3.72. The summed E-state index contributed by atoms with van der Waals surface area (Å²) in [6, 6.07) is 6.51. The number of carbonyl (C=O) groups is 4. The number of halogens is 1. The molecule has 236 valence electrons. The maximum Gasteiger partial charge on any atom is 0.223 e. The SMILES string of the molecule is COc1cc2c(cc1OCCCOc1c(OC)cc3sc(C(=O)C[C@H](C)C(=O)[O-])cc3c1F)CN(C(=O)C[C@H](C)C(=O)[O-])C2. The molecule has 0 radical (unpaired) electrons. The van der Waals surface area contributed by atoms with Gasteiger partial charge >= 0.3 is 0 Å². The second-order valence-corrected chi connectivity index (χ2v) is 11.7. The lowest BCUT2D eigenvalue weighted by Crippen LogP contribution is -2.34. The Morgan fingerprint density at radius 1 is 0.864 bits per heavy atom. The molecule has 1 aromatic heterocycles. The summed E-state index contributed by atoms with van der Waals surface area (Å²) in [6.07, 6.45) is -0.0431. The first-order chi connectivity index (χ1) is 20.9. The number of Topliss-reactive ketones (excluding diaryl/α,β-unsaturated/α-hetero) is 1. The maximum absolute atomic E-state index is 15.5. The van der Waals surface area contributed by atoms with Crippen LogP contribution in [0, 0.1) is 17.7 Å². The van der Waals surface area contributed by atoms with E-state index in [2.05, 4.69) is 0 Å². The van der Waals surface area contributed by atoms with E-state index in [1.807, 2.05) is 0 Å². The fourth-order valence-electron chi connectivity index (χ4n) is 4.73. The van der Waals surface area contributed by atoms with E-state index in [0.717, 1.165) is 22.5 Å². The highest BCUT2D eigenvalue weighted by molar-refractivity contribution is 7.20. The van der Waals surface area contributed by atoms with Gasteiger partial charge in [-0.2, -0.15) is 0 Å². The van der Waals surface area contributed by atoms with Crippen LogP contribution in [0.15, 0.2) is 24.3 Å². The van der Waals surface area contributed by atoms with Gasteiger partial charge in [-0.05, 0) is 29.3 Å². The van der Waals surface area contributed by atoms with E-state index < -0.39 is 35.4 Å². The smallest absolute Gasteiger partial charge is 0.223 e. The molecule has 2 heterocycles. The Labute approximate surface area is 257 Å². The third-order valence-electron chi connectivity index (χ3n) is 7.31. The molecular formula is C31H32FNO10S-2. The van der Waals surface area contributed by atoms with Gasteiger partial charge in [-0.15, -0.1) is 11.3 Å². The molecule has 0 unspecified atom stereocenters. The van der Waals surface area contributed by atoms with Crippen LogP contribution in [0.3, 0.4) is 0 Å². The van der Waals surface area contributed by atoms with Crippen LogP contribution in [-0.4, -0.2) is 56.0 Å². The summed E-state index contributed by atoms with van der Waals surface area (Å²) < 4.78 is 38.3. The largest absolute Gasteiger partial charge is 0.550 e. The number of carboxylic acids is 2. The van der Waals surface area contributed by atoms with E-state index in [1.54, 1.807) is 23.1 Å². The third-order valence-corrected chi connectivity index (χ3v) is 8.43. The van der Waals surface area contributed by atoms with Crippen molar-refractivity contribution in [1.29, 1.82) is 0 Å². The number of hydrogen-bond donors (Lipinski definition) is 0. The number of ether oxygens (including phenoxy) is 4. The van der Waals surface area contributed by atoms with Crippen molar-refractivity contribution in [3.63, 3.8) is 0 Å². The van der Waals surface area contributed by atoms with Crippen molar-refractivity contribution in [3.8, 4) is 23.0 Å². The summed E-state index contributed by atoms with van der Waals surface area (Å²) in [5.41, 5.74) is 1.73. The number of carboxylic acid groups (broad SMARTS) is 2. The molecule has 2 aromatic carbocycles. The molecule has 0 bridgehead atoms. The van der Waals surface area contributed by atoms with E-state index in [0.29, 0.717) is 35.7 Å². The predicted octanol–water partition coefficient (Wildman–Crippen LogP) is 2.48. The van der Waals surface area contributed by atoms with Crippen LogP contribution in [0.4, 0.5) is 4.39 Å². The van der Waals surface area contributed by atoms with Crippen molar-refractivity contribution in [1.82, 2.24) is 4.90 Å². The standard InChI is InChI=1S/C31H34FNO10S/c1-16(30(36)37)8-21(34)26-12-20-25(44-26)13-24(41-4)29(28(20)32)43-7-5-6-42-23-11-19-15-33(14-18(19)10-22(23)40-3)27(35)9-17(2)31(38)39/h10-13,16-17H,5-9,14-15H2,1-4H3,(H,36,37)(H,38,39)/p-2/t16-,17-/m0/s1. The van der Waals surface area contributed by atoms with Crippen molar-refractivity contribution in [2.75, 3.05) is 27.4 Å². The number of hydrogen-bond acceptors (Lipinski definition) is 11. The van der Waals surface area contributed by atoms with Crippen LogP contribution >= 0.6 is 11.3 Å². The number of methoxy groups -OCH3 is 2. The second-order valence-electron chi connectivity index (χ2n) is 10.6. The van der Waals surface area contributed by atoms with Crippen molar-refractivity contribution in [2.24, 2.45) is 11.8 Å². The molecule has 11 nitrogen and oxygen atoms in total. The minimum atomic E-state index is -1.33. The molecule has 0 saturated carbocycles. The zero-order valence-electron chi connectivity index (χ0n) is 24.7. The Kier molecular flexibility index (Phi) is 10.3. The maximum atomic E-state index is 15.5. The first kappa shape index (κ1) is 32.5. The Balaban J connectivity index is 1.37. The molecule has 0 fully saturated rings. The lowest BCUT2D eigenvalue weighted by Gasteiger charge is -2.18. The third kappa shape index (κ3) is 7.21. The molecular weight excluding hydrogens is 597 g/mol. The number of ketones is 1. The fourth-order valence-corrected chi connectivity index (χ4v) is 5.76. The van der Waals surface area contributed by atoms with E-state index in [1.165, 1.54) is 34.1 Å². The highest BCUT2D eigenvalue weighted by Gasteiger charge is 2.27. The van der Waals surface area contributed by atoms with E-state index >= 15 is 4.39 Å². The van der Waals surface area contributed by atoms with Gasteiger partial charge in [-0.3, -0.25) is 9.59 Å². The predicted molar refractivity (Wildman–Crippen MR) is 153 cm³/mol. The lowest BCUT2D eigenvalue weighted by molar-refractivity contribution is -0.312. The highest BCUT2D eigenvalue weighted by Crippen LogP contribution is 2.41. The van der Waals surface area contributed by atoms with Gasteiger partial charge in [-0.1, -0.05) is 13.8 Å². The molecule has 0 saturated heterocycles. The monoisotopic (exact) mass is 629 g/mol. The number of amides is 1. The number of nitrogens with zero attached hydrogens (tertiary/aromatic N) is 1. The number of thiophene rings is 1. The van der Waals surface area contributed by atoms with Crippen LogP contribution in [0.2, 0.25) is 0 Å². The molecule has 44 heavy (non-hydrogen) atoms. The number of benzene rings is 2. The summed E-state index contributed by atoms with van der Waals surface area (Å²) in [5, 5.41) is 22.2. The zero-order valence-corrected chi connectivity index (χ0v) is 25.5. The second kappa shape index (κ2) is 13.9. The fraction of sp³-hybridized carbons (Fsp3) is 0.419. The van der Waals surface area contributed by atoms with Gasteiger partial charge in [-0.25, -0.2) is 4.39 Å². The molecule has 13 heteroatoms. The number of aliphatic carboxylic acids is 2. The Morgan fingerprint density at radius 3 is 2.07 bits per heavy atom. The summed E-state index contributed by atoms with van der Waals surface area (Å²) in [5.74, 6) is -4.91. The van der Waals surface area contributed by atoms with E-state index in [-0.39, 0.29) is 53.7 Å². The van der Waals surface area contributed by atoms with Crippen molar-refractivity contribution < 1.29 is 52.7 Å². The summed E-state index contributed by atoms with van der Waals surface area (Å²) in [7, 11) is 2.87. The normalized spacial score (nSPS) is 13.7. The molecule has 0 N–H and O–H groups in total. The van der Waals surface area contributed by atoms with E-state index in [4.69, 9.17) is 18.9 Å². The number of rotatable bonds is 15. The summed E-state index contributed by atoms with van der Waals surface area (Å²) in [4.78, 5) is 48.9. The van der Waals surface area contributed by atoms with Crippen molar-refractivity contribution in [2.45, 2.75) is 46.2 Å². The van der Waals surface area contributed by atoms with Gasteiger partial charge in [0.05, 0.1) is 32.3 Å². The van der Waals surface area contributed by atoms with Crippen LogP contribution in [0.1, 0.15) is 53.9 Å². The Morgan fingerprint density at radius 2 is 1.45 bits per heavy atom. The van der Waals surface area contributed by atoms with Gasteiger partial charge in [0.1, 0.15) is 0 Å². The van der Waals surface area contributed by atoms with Gasteiger partial charge < -0.3 is 43.6 Å². The average Bonchev–Trinajstić information content (AvgIpc) is 3.61. The first-order valence-corrected chi connectivity index (χ1v) is 14.7.